The van der Waals surface area contributed by atoms with Crippen LogP contribution in [-0.4, -0.2) is 13.5 Å². The predicted octanol–water partition coefficient (Wildman–Crippen LogP) is 1.06. The van der Waals surface area contributed by atoms with Gasteiger partial charge in [-0.2, -0.15) is 0 Å². The van der Waals surface area contributed by atoms with Crippen LogP contribution in [0.2, 0.25) is 0 Å². The van der Waals surface area contributed by atoms with Gasteiger partial charge in [-0.15, -0.1) is 0 Å². The fourth-order valence-electron chi connectivity index (χ4n) is 1.44. The number of anilines is 1. The number of rotatable bonds is 4. The van der Waals surface area contributed by atoms with E-state index in [2.05, 4.69) is 34.8 Å². The molecule has 0 bridgehead atoms. The van der Waals surface area contributed by atoms with E-state index in [9.17, 15) is 0 Å². The monoisotopic (exact) mass is 302 g/mol. The number of nitrogens with zero attached hydrogens (tertiary/aromatic N) is 1. The molecule has 0 aliphatic rings. The standard InChI is InChI=1S/C10H15BrN2.CH4N2O/c1-3-8-5-4-6-10(13(2)12)9(8)7-11;2-3-1-4/h4-6H,3,7,12H2,1-2H3;1H,2H2,(H,3,4). The number of halogens is 1. The summed E-state index contributed by atoms with van der Waals surface area (Å²) in [5, 5.41) is 2.52. The molecule has 0 saturated heterocycles. The molecule has 1 rings (SSSR count). The van der Waals surface area contributed by atoms with Crippen LogP contribution in [0.3, 0.4) is 0 Å². The molecular formula is C11H19BrN4O. The molecule has 17 heavy (non-hydrogen) atoms. The van der Waals surface area contributed by atoms with Crippen molar-refractivity contribution in [3.63, 3.8) is 0 Å². The summed E-state index contributed by atoms with van der Waals surface area (Å²) < 4.78 is 0. The van der Waals surface area contributed by atoms with Gasteiger partial charge >= 0.3 is 0 Å². The van der Waals surface area contributed by atoms with Crippen LogP contribution in [0.4, 0.5) is 5.69 Å². The minimum Gasteiger partial charge on any atom is -0.314 e. The maximum Gasteiger partial charge on any atom is 0.221 e. The Hall–Kier alpha value is -1.11. The first-order valence-corrected chi connectivity index (χ1v) is 6.29. The molecule has 5 nitrogen and oxygen atoms in total. The number of nitrogens with two attached hydrogens (primary N) is 2. The number of hydrogen-bond acceptors (Lipinski definition) is 4. The lowest BCUT2D eigenvalue weighted by Crippen LogP contribution is -2.26. The van der Waals surface area contributed by atoms with Gasteiger partial charge in [0.2, 0.25) is 6.41 Å². The van der Waals surface area contributed by atoms with Crippen LogP contribution in [0, 0.1) is 0 Å². The maximum absolute atomic E-state index is 8.94. The highest BCUT2D eigenvalue weighted by molar-refractivity contribution is 9.08. The first kappa shape index (κ1) is 15.9. The number of aryl methyl sites for hydroxylation is 1. The molecule has 0 heterocycles. The Morgan fingerprint density at radius 1 is 1.53 bits per heavy atom. The van der Waals surface area contributed by atoms with Gasteiger partial charge < -0.3 is 5.01 Å². The zero-order valence-electron chi connectivity index (χ0n) is 10.1. The summed E-state index contributed by atoms with van der Waals surface area (Å²) in [6.07, 6.45) is 1.45. The molecule has 0 aromatic heterocycles. The van der Waals surface area contributed by atoms with E-state index in [4.69, 9.17) is 10.6 Å². The van der Waals surface area contributed by atoms with Crippen LogP contribution in [0.25, 0.3) is 0 Å². The Bertz CT molecular complexity index is 344. The molecule has 0 saturated carbocycles. The smallest absolute Gasteiger partial charge is 0.221 e. The lowest BCUT2D eigenvalue weighted by atomic mass is 10.0. The molecule has 1 aromatic carbocycles. The highest BCUT2D eigenvalue weighted by atomic mass is 79.9. The Kier molecular flexibility index (Phi) is 8.39. The van der Waals surface area contributed by atoms with Crippen LogP contribution in [-0.2, 0) is 16.5 Å². The van der Waals surface area contributed by atoms with Crippen LogP contribution in [0.15, 0.2) is 18.2 Å². The van der Waals surface area contributed by atoms with E-state index in [0.29, 0.717) is 6.41 Å². The molecule has 0 radical (unpaired) electrons. The average molecular weight is 303 g/mol. The SMILES string of the molecule is CCc1cccc(N(C)N)c1CBr.NNC=O. The highest BCUT2D eigenvalue weighted by Crippen LogP contribution is 2.24. The van der Waals surface area contributed by atoms with Gasteiger partial charge in [0.05, 0.1) is 5.69 Å². The molecule has 0 aliphatic heterocycles. The van der Waals surface area contributed by atoms with Gasteiger partial charge in [0.1, 0.15) is 0 Å². The van der Waals surface area contributed by atoms with E-state index in [0.717, 1.165) is 17.4 Å². The van der Waals surface area contributed by atoms with Crippen molar-refractivity contribution in [2.24, 2.45) is 11.7 Å². The molecule has 5 N–H and O–H groups in total. The van der Waals surface area contributed by atoms with Crippen molar-refractivity contribution in [3.05, 3.63) is 29.3 Å². The van der Waals surface area contributed by atoms with Crippen LogP contribution < -0.4 is 22.1 Å². The number of amides is 1. The Balaban J connectivity index is 0.000000557. The largest absolute Gasteiger partial charge is 0.314 e. The number of nitrogens with one attached hydrogen (secondary N) is 1. The number of hydrogen-bond donors (Lipinski definition) is 3. The second-order valence-electron chi connectivity index (χ2n) is 3.30. The van der Waals surface area contributed by atoms with E-state index >= 15 is 0 Å². The van der Waals surface area contributed by atoms with Gasteiger partial charge in [0.15, 0.2) is 0 Å². The van der Waals surface area contributed by atoms with Gasteiger partial charge in [-0.25, -0.2) is 11.7 Å². The third-order valence-electron chi connectivity index (χ3n) is 2.21. The predicted molar refractivity (Wildman–Crippen MR) is 74.4 cm³/mol. The van der Waals surface area contributed by atoms with E-state index < -0.39 is 0 Å². The van der Waals surface area contributed by atoms with Crippen molar-refractivity contribution in [2.45, 2.75) is 18.7 Å². The summed E-state index contributed by atoms with van der Waals surface area (Å²) in [5.41, 5.74) is 5.48. The van der Waals surface area contributed by atoms with Crippen LogP contribution >= 0.6 is 15.9 Å². The van der Waals surface area contributed by atoms with E-state index in [1.807, 2.05) is 19.2 Å². The molecule has 1 aromatic rings. The van der Waals surface area contributed by atoms with Gasteiger partial charge in [0, 0.05) is 12.4 Å². The normalized spacial score (nSPS) is 9.00. The fraction of sp³-hybridized carbons (Fsp3) is 0.364. The lowest BCUT2D eigenvalue weighted by Gasteiger charge is -2.18. The van der Waals surface area contributed by atoms with E-state index in [1.54, 1.807) is 10.4 Å². The molecule has 0 aliphatic carbocycles. The fourth-order valence-corrected chi connectivity index (χ4v) is 2.08. The summed E-state index contributed by atoms with van der Waals surface area (Å²) in [5.74, 6) is 10.1. The highest BCUT2D eigenvalue weighted by Gasteiger charge is 2.06. The molecule has 0 fully saturated rings. The molecule has 0 spiro atoms. The number of carbonyl (C=O) groups excluding carboxylic acids is 1. The quantitative estimate of drug-likeness (QED) is 0.255. The van der Waals surface area contributed by atoms with Gasteiger partial charge in [-0.05, 0) is 23.6 Å². The van der Waals surface area contributed by atoms with Crippen LogP contribution in [0.1, 0.15) is 18.1 Å². The first-order chi connectivity index (χ1) is 8.12. The van der Waals surface area contributed by atoms with Crippen molar-refractivity contribution in [3.8, 4) is 0 Å². The Labute approximate surface area is 110 Å². The second-order valence-corrected chi connectivity index (χ2v) is 3.86. The third kappa shape index (κ3) is 5.16. The lowest BCUT2D eigenvalue weighted by molar-refractivity contribution is -0.109. The van der Waals surface area contributed by atoms with Gasteiger partial charge in [-0.3, -0.25) is 10.2 Å². The van der Waals surface area contributed by atoms with E-state index in [1.165, 1.54) is 11.1 Å². The number of alkyl halides is 1. The molecule has 6 heteroatoms. The molecular weight excluding hydrogens is 284 g/mol. The summed E-state index contributed by atoms with van der Waals surface area (Å²) in [7, 11) is 1.86. The average Bonchev–Trinajstić information content (AvgIpc) is 2.37. The number of benzene rings is 1. The van der Waals surface area contributed by atoms with Crippen molar-refractivity contribution in [1.82, 2.24) is 5.43 Å². The van der Waals surface area contributed by atoms with E-state index in [-0.39, 0.29) is 0 Å². The Morgan fingerprint density at radius 3 is 2.47 bits per heavy atom. The van der Waals surface area contributed by atoms with Crippen LogP contribution in [0.5, 0.6) is 0 Å². The molecule has 0 unspecified atom stereocenters. The third-order valence-corrected chi connectivity index (χ3v) is 2.77. The second kappa shape index (κ2) is 8.98. The minimum absolute atomic E-state index is 0.403. The topological polar surface area (TPSA) is 84.4 Å². The summed E-state index contributed by atoms with van der Waals surface area (Å²) in [6.45, 7) is 2.15. The van der Waals surface area contributed by atoms with Gasteiger partial charge in [-0.1, -0.05) is 35.0 Å². The van der Waals surface area contributed by atoms with Crippen molar-refractivity contribution in [1.29, 1.82) is 0 Å². The minimum atomic E-state index is 0.403. The van der Waals surface area contributed by atoms with Crippen molar-refractivity contribution < 1.29 is 4.79 Å². The molecule has 96 valence electrons. The number of carbonyl (C=O) groups is 1. The summed E-state index contributed by atoms with van der Waals surface area (Å²) in [4.78, 5) is 8.94. The molecule has 0 atom stereocenters. The summed E-state index contributed by atoms with van der Waals surface area (Å²) >= 11 is 3.49. The van der Waals surface area contributed by atoms with Gasteiger partial charge in [0.25, 0.3) is 0 Å². The first-order valence-electron chi connectivity index (χ1n) is 5.17. The Morgan fingerprint density at radius 2 is 2.12 bits per heavy atom. The zero-order chi connectivity index (χ0) is 13.3. The zero-order valence-corrected chi connectivity index (χ0v) is 11.7. The maximum atomic E-state index is 8.94. The van der Waals surface area contributed by atoms with Crippen molar-refractivity contribution >= 4 is 28.0 Å². The molecule has 1 amide bonds. The summed E-state index contributed by atoms with van der Waals surface area (Å²) in [6, 6.07) is 6.23. The number of hydrazine groups is 2. The van der Waals surface area contributed by atoms with Crippen molar-refractivity contribution in [2.75, 3.05) is 12.1 Å².